The largest absolute Gasteiger partial charge is 0.469 e. The normalized spacial score (nSPS) is 10.6. The van der Waals surface area contributed by atoms with Crippen molar-refractivity contribution < 1.29 is 27.1 Å². The molecule has 0 atom stereocenters. The molecular formula is C9H7F4NO2. The van der Waals surface area contributed by atoms with Crippen LogP contribution in [0.5, 0.6) is 0 Å². The molecule has 0 spiro atoms. The van der Waals surface area contributed by atoms with Gasteiger partial charge in [0.25, 0.3) is 6.43 Å². The van der Waals surface area contributed by atoms with Crippen LogP contribution in [0, 0.1) is 11.8 Å². The zero-order valence-corrected chi connectivity index (χ0v) is 8.14. The third kappa shape index (κ3) is 2.47. The molecule has 3 nitrogen and oxygen atoms in total. The summed E-state index contributed by atoms with van der Waals surface area (Å²) < 4.78 is 55.1. The van der Waals surface area contributed by atoms with Gasteiger partial charge in [0.1, 0.15) is 5.82 Å². The highest BCUT2D eigenvalue weighted by atomic mass is 19.3. The Labute approximate surface area is 88.0 Å². The minimum Gasteiger partial charge on any atom is -0.469 e. The predicted octanol–water partition coefficient (Wildman–Crippen LogP) is 2.01. The molecule has 1 aromatic rings. The number of carbonyl (C=O) groups is 1. The molecule has 0 fully saturated rings. The zero-order valence-electron chi connectivity index (χ0n) is 8.14. The summed E-state index contributed by atoms with van der Waals surface area (Å²) in [4.78, 5) is 13.7. The smallest absolute Gasteiger partial charge is 0.310 e. The molecule has 1 aromatic heterocycles. The van der Waals surface area contributed by atoms with Gasteiger partial charge in [-0.15, -0.1) is 0 Å². The summed E-state index contributed by atoms with van der Waals surface area (Å²) in [6.45, 7) is 0. The Kier molecular flexibility index (Phi) is 3.81. The van der Waals surface area contributed by atoms with Crippen molar-refractivity contribution in [3.05, 3.63) is 29.1 Å². The molecule has 0 bridgehead atoms. The number of pyridine rings is 1. The number of halogens is 4. The van der Waals surface area contributed by atoms with Gasteiger partial charge in [-0.1, -0.05) is 0 Å². The van der Waals surface area contributed by atoms with E-state index in [9.17, 15) is 22.4 Å². The second-order valence-corrected chi connectivity index (χ2v) is 2.84. The Morgan fingerprint density at radius 2 is 2.12 bits per heavy atom. The van der Waals surface area contributed by atoms with Gasteiger partial charge in [-0.25, -0.2) is 18.2 Å². The monoisotopic (exact) mass is 237 g/mol. The highest BCUT2D eigenvalue weighted by molar-refractivity contribution is 5.73. The summed E-state index contributed by atoms with van der Waals surface area (Å²) in [5, 5.41) is 0. The number of hydrogen-bond donors (Lipinski definition) is 0. The van der Waals surface area contributed by atoms with Crippen LogP contribution in [-0.2, 0) is 16.0 Å². The quantitative estimate of drug-likeness (QED) is 0.458. The van der Waals surface area contributed by atoms with Gasteiger partial charge in [-0.05, 0) is 0 Å². The van der Waals surface area contributed by atoms with E-state index in [2.05, 4.69) is 9.72 Å². The van der Waals surface area contributed by atoms with Crippen molar-refractivity contribution in [3.63, 3.8) is 0 Å². The van der Waals surface area contributed by atoms with E-state index < -0.39 is 41.7 Å². The van der Waals surface area contributed by atoms with Gasteiger partial charge in [-0.2, -0.15) is 4.39 Å². The van der Waals surface area contributed by atoms with E-state index >= 15 is 0 Å². The molecular weight excluding hydrogens is 230 g/mol. The van der Waals surface area contributed by atoms with E-state index in [1.165, 1.54) is 0 Å². The maximum atomic E-state index is 13.1. The van der Waals surface area contributed by atoms with E-state index in [0.29, 0.717) is 6.20 Å². The fraction of sp³-hybridized carbons (Fsp3) is 0.333. The Morgan fingerprint density at radius 1 is 1.50 bits per heavy atom. The van der Waals surface area contributed by atoms with Crippen LogP contribution < -0.4 is 0 Å². The van der Waals surface area contributed by atoms with Crippen LogP contribution in [-0.4, -0.2) is 18.1 Å². The Bertz CT molecular complexity index is 409. The third-order valence-electron chi connectivity index (χ3n) is 1.89. The van der Waals surface area contributed by atoms with Gasteiger partial charge >= 0.3 is 5.97 Å². The summed E-state index contributed by atoms with van der Waals surface area (Å²) in [7, 11) is 1.01. The van der Waals surface area contributed by atoms with Crippen molar-refractivity contribution in [1.82, 2.24) is 4.98 Å². The lowest BCUT2D eigenvalue weighted by Gasteiger charge is -2.09. The van der Waals surface area contributed by atoms with Crippen LogP contribution in [0.25, 0.3) is 0 Å². The fourth-order valence-corrected chi connectivity index (χ4v) is 1.13. The van der Waals surface area contributed by atoms with Crippen molar-refractivity contribution in [1.29, 1.82) is 0 Å². The minimum atomic E-state index is -3.25. The van der Waals surface area contributed by atoms with Gasteiger partial charge in [0.05, 0.1) is 25.3 Å². The third-order valence-corrected chi connectivity index (χ3v) is 1.89. The minimum absolute atomic E-state index is 0.444. The first-order valence-electron chi connectivity index (χ1n) is 4.15. The van der Waals surface area contributed by atoms with Crippen LogP contribution in [0.3, 0.4) is 0 Å². The second kappa shape index (κ2) is 4.91. The van der Waals surface area contributed by atoms with E-state index in [4.69, 9.17) is 0 Å². The summed E-state index contributed by atoms with van der Waals surface area (Å²) >= 11 is 0. The van der Waals surface area contributed by atoms with E-state index in [-0.39, 0.29) is 0 Å². The van der Waals surface area contributed by atoms with Crippen LogP contribution in [0.1, 0.15) is 17.6 Å². The molecule has 0 aliphatic rings. The van der Waals surface area contributed by atoms with Crippen molar-refractivity contribution in [3.8, 4) is 0 Å². The molecule has 0 saturated heterocycles. The average molecular weight is 237 g/mol. The predicted molar refractivity (Wildman–Crippen MR) is 44.8 cm³/mol. The van der Waals surface area contributed by atoms with Crippen molar-refractivity contribution >= 4 is 5.97 Å². The van der Waals surface area contributed by atoms with Crippen LogP contribution in [0.15, 0.2) is 6.20 Å². The second-order valence-electron chi connectivity index (χ2n) is 2.84. The van der Waals surface area contributed by atoms with Crippen molar-refractivity contribution in [2.24, 2.45) is 0 Å². The molecule has 0 amide bonds. The molecule has 0 saturated carbocycles. The summed E-state index contributed by atoms with van der Waals surface area (Å²) in [6.07, 6.45) is -3.57. The molecule has 0 N–H and O–H groups in total. The van der Waals surface area contributed by atoms with Crippen LogP contribution in [0.4, 0.5) is 17.6 Å². The lowest BCUT2D eigenvalue weighted by Crippen LogP contribution is -2.12. The highest BCUT2D eigenvalue weighted by Gasteiger charge is 2.24. The number of methoxy groups -OCH3 is 1. The first-order valence-corrected chi connectivity index (χ1v) is 4.15. The van der Waals surface area contributed by atoms with Gasteiger partial charge in [0, 0.05) is 5.56 Å². The lowest BCUT2D eigenvalue weighted by molar-refractivity contribution is -0.139. The number of nitrogens with zero attached hydrogens (tertiary/aromatic N) is 1. The Hall–Kier alpha value is -1.66. The SMILES string of the molecule is COC(=O)Cc1c(F)cnc(F)c1C(F)F. The summed E-state index contributed by atoms with van der Waals surface area (Å²) in [5.74, 6) is -3.59. The molecule has 0 aliphatic carbocycles. The van der Waals surface area contributed by atoms with Gasteiger partial charge in [0.15, 0.2) is 0 Å². The standard InChI is InChI=1S/C9H7F4NO2/c1-16-6(15)2-4-5(10)3-14-9(13)7(4)8(11)12/h3,8H,2H2,1H3. The molecule has 7 heteroatoms. The maximum Gasteiger partial charge on any atom is 0.310 e. The number of carbonyl (C=O) groups excluding carboxylic acids is 1. The van der Waals surface area contributed by atoms with Crippen LogP contribution >= 0.6 is 0 Å². The molecule has 1 heterocycles. The topological polar surface area (TPSA) is 39.2 Å². The number of aromatic nitrogens is 1. The number of ether oxygens (including phenoxy) is 1. The van der Waals surface area contributed by atoms with Crippen molar-refractivity contribution in [2.45, 2.75) is 12.8 Å². The molecule has 88 valence electrons. The molecule has 0 aromatic carbocycles. The Balaban J connectivity index is 3.23. The van der Waals surface area contributed by atoms with Crippen molar-refractivity contribution in [2.75, 3.05) is 7.11 Å². The zero-order chi connectivity index (χ0) is 12.3. The van der Waals surface area contributed by atoms with Gasteiger partial charge in [-0.3, -0.25) is 4.79 Å². The van der Waals surface area contributed by atoms with Crippen LogP contribution in [0.2, 0.25) is 0 Å². The summed E-state index contributed by atoms with van der Waals surface area (Å²) in [5.41, 5.74) is -1.93. The van der Waals surface area contributed by atoms with Gasteiger partial charge in [0.2, 0.25) is 5.95 Å². The first-order chi connectivity index (χ1) is 7.47. The maximum absolute atomic E-state index is 13.1. The average Bonchev–Trinajstić information content (AvgIpc) is 2.22. The van der Waals surface area contributed by atoms with E-state index in [1.807, 2.05) is 0 Å². The molecule has 16 heavy (non-hydrogen) atoms. The van der Waals surface area contributed by atoms with Gasteiger partial charge < -0.3 is 4.74 Å². The molecule has 0 unspecified atom stereocenters. The first kappa shape index (κ1) is 12.4. The van der Waals surface area contributed by atoms with E-state index in [1.54, 1.807) is 0 Å². The highest BCUT2D eigenvalue weighted by Crippen LogP contribution is 2.27. The number of hydrogen-bond acceptors (Lipinski definition) is 3. The van der Waals surface area contributed by atoms with E-state index in [0.717, 1.165) is 7.11 Å². The fourth-order valence-electron chi connectivity index (χ4n) is 1.13. The Morgan fingerprint density at radius 3 is 2.62 bits per heavy atom. The lowest BCUT2D eigenvalue weighted by atomic mass is 10.1. The summed E-state index contributed by atoms with van der Waals surface area (Å²) in [6, 6.07) is 0. The molecule has 0 radical (unpaired) electrons. The number of esters is 1. The number of rotatable bonds is 3. The molecule has 1 rings (SSSR count). The molecule has 0 aliphatic heterocycles. The number of alkyl halides is 2.